The highest BCUT2D eigenvalue weighted by atomic mass is 35.5. The van der Waals surface area contributed by atoms with Crippen LogP contribution in [0.25, 0.3) is 11.3 Å². The van der Waals surface area contributed by atoms with Crippen molar-refractivity contribution in [1.82, 2.24) is 4.98 Å². The highest BCUT2D eigenvalue weighted by Gasteiger charge is 2.07. The molecule has 0 atom stereocenters. The number of aromatic nitrogens is 1. The second-order valence-electron chi connectivity index (χ2n) is 5.00. The Kier molecular flexibility index (Phi) is 3.95. The summed E-state index contributed by atoms with van der Waals surface area (Å²) in [6.45, 7) is 2.00. The molecule has 0 amide bonds. The summed E-state index contributed by atoms with van der Waals surface area (Å²) in [6, 6.07) is 14.0. The van der Waals surface area contributed by atoms with Gasteiger partial charge in [-0.1, -0.05) is 35.9 Å². The summed E-state index contributed by atoms with van der Waals surface area (Å²) in [5.74, 6) is 0. The lowest BCUT2D eigenvalue weighted by Gasteiger charge is -2.02. The van der Waals surface area contributed by atoms with Gasteiger partial charge in [-0.05, 0) is 36.2 Å². The van der Waals surface area contributed by atoms with Crippen LogP contribution in [0.2, 0.25) is 5.02 Å². The summed E-state index contributed by atoms with van der Waals surface area (Å²) in [5, 5.41) is 3.91. The number of rotatable bonds is 3. The molecule has 3 aromatic rings. The number of aryl methyl sites for hydroxylation is 1. The molecule has 106 valence electrons. The van der Waals surface area contributed by atoms with Gasteiger partial charge in [0.15, 0.2) is 0 Å². The van der Waals surface area contributed by atoms with Gasteiger partial charge in [0.25, 0.3) is 0 Å². The number of halogens is 1. The van der Waals surface area contributed by atoms with Gasteiger partial charge in [0.2, 0.25) is 0 Å². The number of anilines is 1. The maximum absolute atomic E-state index is 6.01. The van der Waals surface area contributed by atoms with E-state index in [4.69, 9.17) is 22.3 Å². The van der Waals surface area contributed by atoms with Crippen LogP contribution >= 0.6 is 22.9 Å². The van der Waals surface area contributed by atoms with Crippen molar-refractivity contribution in [3.05, 3.63) is 69.0 Å². The number of hydrogen-bond acceptors (Lipinski definition) is 3. The van der Waals surface area contributed by atoms with Gasteiger partial charge in [0.05, 0.1) is 10.7 Å². The molecule has 0 spiro atoms. The van der Waals surface area contributed by atoms with Crippen LogP contribution in [0.3, 0.4) is 0 Å². The predicted octanol–water partition coefficient (Wildman–Crippen LogP) is 4.94. The average molecular weight is 315 g/mol. The van der Waals surface area contributed by atoms with Crippen molar-refractivity contribution in [1.29, 1.82) is 0 Å². The van der Waals surface area contributed by atoms with Crippen LogP contribution in [-0.2, 0) is 6.42 Å². The Labute approximate surface area is 133 Å². The van der Waals surface area contributed by atoms with Crippen molar-refractivity contribution >= 4 is 28.6 Å². The molecule has 0 fully saturated rings. The molecule has 0 aliphatic heterocycles. The van der Waals surface area contributed by atoms with Gasteiger partial charge in [0.1, 0.15) is 0 Å². The largest absolute Gasteiger partial charge is 0.398 e. The normalized spacial score (nSPS) is 10.8. The molecular formula is C17H15ClN2S. The van der Waals surface area contributed by atoms with Gasteiger partial charge in [-0.25, -0.2) is 4.98 Å². The van der Waals surface area contributed by atoms with Crippen LogP contribution < -0.4 is 5.73 Å². The quantitative estimate of drug-likeness (QED) is 0.695. The van der Waals surface area contributed by atoms with Crippen molar-refractivity contribution in [3.8, 4) is 11.3 Å². The molecule has 0 unspecified atom stereocenters. The van der Waals surface area contributed by atoms with Gasteiger partial charge in [-0.2, -0.15) is 0 Å². The van der Waals surface area contributed by atoms with E-state index >= 15 is 0 Å². The molecule has 1 heterocycles. The first-order chi connectivity index (χ1) is 10.1. The Morgan fingerprint density at radius 3 is 2.81 bits per heavy atom. The Balaban J connectivity index is 1.84. The maximum Gasteiger partial charge on any atom is 0.0976 e. The summed E-state index contributed by atoms with van der Waals surface area (Å²) < 4.78 is 0. The van der Waals surface area contributed by atoms with E-state index < -0.39 is 0 Å². The minimum atomic E-state index is 0.760. The number of nitrogens with zero attached hydrogens (tertiary/aromatic N) is 1. The fraction of sp³-hybridized carbons (Fsp3) is 0.118. The number of hydrogen-bond donors (Lipinski definition) is 1. The van der Waals surface area contributed by atoms with Gasteiger partial charge >= 0.3 is 0 Å². The standard InChI is InChI=1S/C17H15ClN2S/c1-11-5-6-13(9-15(11)19)16-10-21-17(20-16)8-12-3-2-4-14(18)7-12/h2-7,9-10H,8,19H2,1H3. The monoisotopic (exact) mass is 314 g/mol. The molecule has 0 aliphatic carbocycles. The van der Waals surface area contributed by atoms with Gasteiger partial charge in [0, 0.05) is 28.1 Å². The molecule has 0 saturated carbocycles. The van der Waals surface area contributed by atoms with Gasteiger partial charge < -0.3 is 5.73 Å². The van der Waals surface area contributed by atoms with Crippen LogP contribution in [0, 0.1) is 6.92 Å². The third kappa shape index (κ3) is 3.26. The number of nitrogens with two attached hydrogens (primary N) is 1. The second kappa shape index (κ2) is 5.88. The highest BCUT2D eigenvalue weighted by Crippen LogP contribution is 2.26. The Hall–Kier alpha value is -1.84. The van der Waals surface area contributed by atoms with Crippen LogP contribution in [0.1, 0.15) is 16.1 Å². The van der Waals surface area contributed by atoms with Gasteiger partial charge in [-0.15, -0.1) is 11.3 Å². The summed E-state index contributed by atoms with van der Waals surface area (Å²) in [7, 11) is 0. The minimum absolute atomic E-state index is 0.760. The zero-order valence-corrected chi connectivity index (χ0v) is 13.2. The highest BCUT2D eigenvalue weighted by molar-refractivity contribution is 7.10. The summed E-state index contributed by atoms with van der Waals surface area (Å²) in [5.41, 5.74) is 11.1. The number of nitrogen functional groups attached to an aromatic ring is 1. The number of thiazole rings is 1. The number of benzene rings is 2. The Bertz CT molecular complexity index is 780. The average Bonchev–Trinajstić information content (AvgIpc) is 2.90. The van der Waals surface area contributed by atoms with Gasteiger partial charge in [-0.3, -0.25) is 0 Å². The summed E-state index contributed by atoms with van der Waals surface area (Å²) >= 11 is 7.67. The van der Waals surface area contributed by atoms with Crippen molar-refractivity contribution in [2.45, 2.75) is 13.3 Å². The van der Waals surface area contributed by atoms with Crippen molar-refractivity contribution in [2.75, 3.05) is 5.73 Å². The molecule has 0 aliphatic rings. The predicted molar refractivity (Wildman–Crippen MR) is 91.0 cm³/mol. The van der Waals surface area contributed by atoms with Crippen molar-refractivity contribution in [2.24, 2.45) is 0 Å². The third-order valence-corrected chi connectivity index (χ3v) is 4.46. The van der Waals surface area contributed by atoms with E-state index in [1.54, 1.807) is 11.3 Å². The van der Waals surface area contributed by atoms with Crippen molar-refractivity contribution < 1.29 is 0 Å². The molecule has 2 aromatic carbocycles. The third-order valence-electron chi connectivity index (χ3n) is 3.37. The Morgan fingerprint density at radius 2 is 2.05 bits per heavy atom. The summed E-state index contributed by atoms with van der Waals surface area (Å²) in [4.78, 5) is 4.70. The van der Waals surface area contributed by atoms with E-state index in [1.807, 2.05) is 37.3 Å². The Morgan fingerprint density at radius 1 is 1.19 bits per heavy atom. The molecule has 3 rings (SSSR count). The topological polar surface area (TPSA) is 38.9 Å². The van der Waals surface area contributed by atoms with Crippen LogP contribution in [0.4, 0.5) is 5.69 Å². The molecule has 0 bridgehead atoms. The fourth-order valence-electron chi connectivity index (χ4n) is 2.15. The van der Waals surface area contributed by atoms with Crippen LogP contribution in [-0.4, -0.2) is 4.98 Å². The summed E-state index contributed by atoms with van der Waals surface area (Å²) in [6.07, 6.45) is 0.798. The van der Waals surface area contributed by atoms with Crippen LogP contribution in [0.15, 0.2) is 47.8 Å². The lowest BCUT2D eigenvalue weighted by atomic mass is 10.1. The lowest BCUT2D eigenvalue weighted by Crippen LogP contribution is -1.91. The first kappa shape index (κ1) is 14.1. The van der Waals surface area contributed by atoms with E-state index in [0.717, 1.165) is 39.0 Å². The molecule has 0 saturated heterocycles. The molecule has 2 N–H and O–H groups in total. The van der Waals surface area contributed by atoms with E-state index in [0.29, 0.717) is 0 Å². The van der Waals surface area contributed by atoms with Crippen LogP contribution in [0.5, 0.6) is 0 Å². The first-order valence-corrected chi connectivity index (χ1v) is 7.93. The van der Waals surface area contributed by atoms with E-state index in [2.05, 4.69) is 17.5 Å². The smallest absolute Gasteiger partial charge is 0.0976 e. The zero-order chi connectivity index (χ0) is 14.8. The molecule has 1 aromatic heterocycles. The first-order valence-electron chi connectivity index (χ1n) is 6.67. The second-order valence-corrected chi connectivity index (χ2v) is 6.38. The molecular weight excluding hydrogens is 300 g/mol. The maximum atomic E-state index is 6.01. The molecule has 0 radical (unpaired) electrons. The molecule has 21 heavy (non-hydrogen) atoms. The van der Waals surface area contributed by atoms with Crippen molar-refractivity contribution in [3.63, 3.8) is 0 Å². The fourth-order valence-corrected chi connectivity index (χ4v) is 3.20. The van der Waals surface area contributed by atoms with E-state index in [1.165, 1.54) is 5.56 Å². The molecule has 2 nitrogen and oxygen atoms in total. The zero-order valence-electron chi connectivity index (χ0n) is 11.6. The SMILES string of the molecule is Cc1ccc(-c2csc(Cc3cccc(Cl)c3)n2)cc1N. The minimum Gasteiger partial charge on any atom is -0.398 e. The lowest BCUT2D eigenvalue weighted by molar-refractivity contribution is 1.14. The molecule has 4 heteroatoms. The van der Waals surface area contributed by atoms with E-state index in [9.17, 15) is 0 Å². The van der Waals surface area contributed by atoms with E-state index in [-0.39, 0.29) is 0 Å².